The molecule has 1 amide bonds. The molecule has 1 N–H and O–H groups in total. The summed E-state index contributed by atoms with van der Waals surface area (Å²) in [6.45, 7) is 7.24. The fourth-order valence-electron chi connectivity index (χ4n) is 6.19. The van der Waals surface area contributed by atoms with Gasteiger partial charge in [-0.3, -0.25) is 9.69 Å². The second-order valence-electron chi connectivity index (χ2n) is 10.8. The van der Waals surface area contributed by atoms with Crippen molar-refractivity contribution < 1.29 is 4.79 Å². The van der Waals surface area contributed by atoms with Gasteiger partial charge in [0.15, 0.2) is 0 Å². The fourth-order valence-corrected chi connectivity index (χ4v) is 6.19. The van der Waals surface area contributed by atoms with Crippen molar-refractivity contribution in [3.05, 3.63) is 108 Å². The van der Waals surface area contributed by atoms with Crippen LogP contribution in [0.2, 0.25) is 0 Å². The SMILES string of the molecule is O=C(CCc1ccccc1)NCC12CN(CCc3ccccc3)CCC1CN(Cc1ccccc1)C2. The largest absolute Gasteiger partial charge is 0.355 e. The molecule has 2 fully saturated rings. The highest BCUT2D eigenvalue weighted by Gasteiger charge is 2.49. The standard InChI is InChI=1S/C32H39N3O/c36-31(17-16-27-10-4-1-5-11-27)33-24-32-25-34(20-18-28-12-6-2-7-13-28)21-19-30(32)23-35(26-32)22-29-14-8-3-9-15-29/h1-15,30H,16-26H2,(H,33,36). The van der Waals surface area contributed by atoms with Crippen molar-refractivity contribution in [2.24, 2.45) is 11.3 Å². The summed E-state index contributed by atoms with van der Waals surface area (Å²) in [5, 5.41) is 3.37. The number of carbonyl (C=O) groups excluding carboxylic acids is 1. The molecule has 3 aromatic rings. The zero-order valence-corrected chi connectivity index (χ0v) is 21.3. The Bertz CT molecular complexity index is 1090. The van der Waals surface area contributed by atoms with Crippen LogP contribution in [0.4, 0.5) is 0 Å². The van der Waals surface area contributed by atoms with E-state index in [-0.39, 0.29) is 11.3 Å². The molecule has 4 heteroatoms. The van der Waals surface area contributed by atoms with Crippen molar-refractivity contribution in [3.63, 3.8) is 0 Å². The molecule has 2 saturated heterocycles. The van der Waals surface area contributed by atoms with Crippen molar-refractivity contribution in [1.82, 2.24) is 15.1 Å². The second kappa shape index (κ2) is 11.9. The maximum Gasteiger partial charge on any atom is 0.220 e. The molecule has 0 radical (unpaired) electrons. The van der Waals surface area contributed by atoms with Crippen LogP contribution in [-0.2, 0) is 24.2 Å². The van der Waals surface area contributed by atoms with E-state index in [4.69, 9.17) is 0 Å². The average molecular weight is 482 g/mol. The van der Waals surface area contributed by atoms with Crippen LogP contribution in [0, 0.1) is 11.3 Å². The van der Waals surface area contributed by atoms with Crippen molar-refractivity contribution in [3.8, 4) is 0 Å². The third-order valence-corrected chi connectivity index (χ3v) is 8.15. The molecule has 36 heavy (non-hydrogen) atoms. The molecule has 2 heterocycles. The molecule has 0 aromatic heterocycles. The van der Waals surface area contributed by atoms with Crippen molar-refractivity contribution >= 4 is 5.91 Å². The molecule has 2 unspecified atom stereocenters. The summed E-state index contributed by atoms with van der Waals surface area (Å²) in [7, 11) is 0. The van der Waals surface area contributed by atoms with E-state index < -0.39 is 0 Å². The van der Waals surface area contributed by atoms with Crippen LogP contribution in [-0.4, -0.2) is 55.0 Å². The Labute approximate surface area is 216 Å². The number of likely N-dealkylation sites (tertiary alicyclic amines) is 2. The van der Waals surface area contributed by atoms with E-state index >= 15 is 0 Å². The molecular weight excluding hydrogens is 442 g/mol. The number of nitrogens with one attached hydrogen (secondary N) is 1. The number of nitrogens with zero attached hydrogens (tertiary/aromatic N) is 2. The topological polar surface area (TPSA) is 35.6 Å². The smallest absolute Gasteiger partial charge is 0.220 e. The van der Waals surface area contributed by atoms with E-state index in [2.05, 4.69) is 87.9 Å². The van der Waals surface area contributed by atoms with Crippen LogP contribution in [0.25, 0.3) is 0 Å². The molecule has 2 aliphatic rings. The van der Waals surface area contributed by atoms with Gasteiger partial charge in [-0.05, 0) is 48.4 Å². The minimum atomic E-state index is 0.117. The molecule has 3 aromatic carbocycles. The lowest BCUT2D eigenvalue weighted by molar-refractivity contribution is -0.122. The number of piperidine rings is 1. The Morgan fingerprint density at radius 3 is 2.03 bits per heavy atom. The van der Waals surface area contributed by atoms with Crippen LogP contribution in [0.15, 0.2) is 91.0 Å². The van der Waals surface area contributed by atoms with Gasteiger partial charge in [-0.25, -0.2) is 0 Å². The van der Waals surface area contributed by atoms with Gasteiger partial charge in [0.2, 0.25) is 5.91 Å². The van der Waals surface area contributed by atoms with Crippen molar-refractivity contribution in [1.29, 1.82) is 0 Å². The fraction of sp³-hybridized carbons (Fsp3) is 0.406. The van der Waals surface area contributed by atoms with E-state index in [1.807, 2.05) is 18.2 Å². The lowest BCUT2D eigenvalue weighted by Gasteiger charge is -2.44. The van der Waals surface area contributed by atoms with Gasteiger partial charge < -0.3 is 10.2 Å². The van der Waals surface area contributed by atoms with Crippen molar-refractivity contribution in [2.45, 2.75) is 32.2 Å². The van der Waals surface area contributed by atoms with E-state index in [1.54, 1.807) is 0 Å². The molecule has 5 rings (SSSR count). The number of fused-ring (bicyclic) bond motifs is 1. The molecule has 0 spiro atoms. The molecule has 0 aliphatic carbocycles. The highest BCUT2D eigenvalue weighted by atomic mass is 16.1. The highest BCUT2D eigenvalue weighted by molar-refractivity contribution is 5.76. The van der Waals surface area contributed by atoms with Gasteiger partial charge in [-0.2, -0.15) is 0 Å². The number of rotatable bonds is 10. The molecule has 188 valence electrons. The number of benzene rings is 3. The minimum Gasteiger partial charge on any atom is -0.355 e. The van der Waals surface area contributed by atoms with E-state index in [0.717, 1.165) is 58.7 Å². The molecule has 2 aliphatic heterocycles. The van der Waals surface area contributed by atoms with Crippen LogP contribution >= 0.6 is 0 Å². The second-order valence-corrected chi connectivity index (χ2v) is 10.8. The molecule has 2 atom stereocenters. The van der Waals surface area contributed by atoms with Crippen LogP contribution in [0.5, 0.6) is 0 Å². The zero-order valence-electron chi connectivity index (χ0n) is 21.3. The van der Waals surface area contributed by atoms with Gasteiger partial charge >= 0.3 is 0 Å². The number of hydrogen-bond acceptors (Lipinski definition) is 3. The number of aryl methyl sites for hydroxylation is 1. The van der Waals surface area contributed by atoms with Gasteiger partial charge in [0.25, 0.3) is 0 Å². The molecule has 0 saturated carbocycles. The van der Waals surface area contributed by atoms with E-state index in [0.29, 0.717) is 12.3 Å². The Hall–Kier alpha value is -2.95. The van der Waals surface area contributed by atoms with Gasteiger partial charge in [0.1, 0.15) is 0 Å². The Balaban J connectivity index is 1.23. The van der Waals surface area contributed by atoms with E-state index in [1.165, 1.54) is 23.1 Å². The first-order valence-electron chi connectivity index (χ1n) is 13.5. The summed E-state index contributed by atoms with van der Waals surface area (Å²) >= 11 is 0. The zero-order chi connectivity index (χ0) is 24.6. The van der Waals surface area contributed by atoms with Gasteiger partial charge in [0, 0.05) is 51.1 Å². The summed E-state index contributed by atoms with van der Waals surface area (Å²) < 4.78 is 0. The Kier molecular flexibility index (Phi) is 8.15. The lowest BCUT2D eigenvalue weighted by atomic mass is 9.73. The lowest BCUT2D eigenvalue weighted by Crippen LogP contribution is -2.54. The minimum absolute atomic E-state index is 0.117. The predicted molar refractivity (Wildman–Crippen MR) is 147 cm³/mol. The maximum atomic E-state index is 12.9. The first-order valence-corrected chi connectivity index (χ1v) is 13.5. The maximum absolute atomic E-state index is 12.9. The number of hydrogen-bond donors (Lipinski definition) is 1. The van der Waals surface area contributed by atoms with Crippen LogP contribution in [0.1, 0.15) is 29.5 Å². The molecular formula is C32H39N3O. The summed E-state index contributed by atoms with van der Waals surface area (Å²) in [4.78, 5) is 18.1. The third kappa shape index (κ3) is 6.43. The predicted octanol–water partition coefficient (Wildman–Crippen LogP) is 4.80. The van der Waals surface area contributed by atoms with Gasteiger partial charge in [0.05, 0.1) is 0 Å². The Morgan fingerprint density at radius 2 is 1.36 bits per heavy atom. The van der Waals surface area contributed by atoms with Gasteiger partial charge in [-0.1, -0.05) is 91.0 Å². The summed E-state index contributed by atoms with van der Waals surface area (Å²) in [5.74, 6) is 0.804. The first-order chi connectivity index (χ1) is 17.7. The quantitative estimate of drug-likeness (QED) is 0.452. The van der Waals surface area contributed by atoms with E-state index in [9.17, 15) is 4.79 Å². The summed E-state index contributed by atoms with van der Waals surface area (Å²) in [5.41, 5.74) is 4.12. The average Bonchev–Trinajstić information content (AvgIpc) is 3.28. The number of carbonyl (C=O) groups is 1. The summed E-state index contributed by atoms with van der Waals surface area (Å²) in [6, 6.07) is 31.9. The molecule has 0 bridgehead atoms. The highest BCUT2D eigenvalue weighted by Crippen LogP contribution is 2.42. The Morgan fingerprint density at radius 1 is 0.778 bits per heavy atom. The van der Waals surface area contributed by atoms with Crippen molar-refractivity contribution in [2.75, 3.05) is 39.3 Å². The van der Waals surface area contributed by atoms with Crippen LogP contribution in [0.3, 0.4) is 0 Å². The van der Waals surface area contributed by atoms with Gasteiger partial charge in [-0.15, -0.1) is 0 Å². The monoisotopic (exact) mass is 481 g/mol. The number of amides is 1. The summed E-state index contributed by atoms with van der Waals surface area (Å²) in [6.07, 6.45) is 3.64. The molecule has 4 nitrogen and oxygen atoms in total. The normalized spacial score (nSPS) is 22.3. The van der Waals surface area contributed by atoms with Crippen LogP contribution < -0.4 is 5.32 Å². The first kappa shape index (κ1) is 24.7. The third-order valence-electron chi connectivity index (χ3n) is 8.15.